The standard InChI is InChI=1S/C14H18FN5O/c1-19-14(17-10-18-19)9-21-11-2-3-13(12(15)8-11)20-6-4-16-5-7-20/h2-3,8,10,16H,4-7,9H2,1H3. The fraction of sp³-hybridized carbons (Fsp3) is 0.429. The number of hydrogen-bond acceptors (Lipinski definition) is 5. The highest BCUT2D eigenvalue weighted by Gasteiger charge is 2.15. The van der Waals surface area contributed by atoms with E-state index in [4.69, 9.17) is 4.74 Å². The minimum Gasteiger partial charge on any atom is -0.486 e. The van der Waals surface area contributed by atoms with E-state index in [2.05, 4.69) is 15.4 Å². The van der Waals surface area contributed by atoms with Gasteiger partial charge in [0.25, 0.3) is 0 Å². The second kappa shape index (κ2) is 6.09. The largest absolute Gasteiger partial charge is 0.486 e. The summed E-state index contributed by atoms with van der Waals surface area (Å²) in [5.41, 5.74) is 0.627. The monoisotopic (exact) mass is 291 g/mol. The zero-order valence-corrected chi connectivity index (χ0v) is 11.9. The van der Waals surface area contributed by atoms with Gasteiger partial charge >= 0.3 is 0 Å². The second-order valence-corrected chi connectivity index (χ2v) is 4.94. The van der Waals surface area contributed by atoms with Crippen molar-refractivity contribution in [1.82, 2.24) is 20.1 Å². The van der Waals surface area contributed by atoms with Crippen molar-refractivity contribution in [1.29, 1.82) is 0 Å². The minimum atomic E-state index is -0.257. The smallest absolute Gasteiger partial charge is 0.164 e. The molecule has 1 saturated heterocycles. The Morgan fingerprint density at radius 1 is 1.33 bits per heavy atom. The first-order valence-electron chi connectivity index (χ1n) is 6.95. The first kappa shape index (κ1) is 13.8. The number of benzene rings is 1. The molecule has 1 aromatic carbocycles. The van der Waals surface area contributed by atoms with Crippen molar-refractivity contribution in [3.05, 3.63) is 36.2 Å². The minimum absolute atomic E-state index is 0.257. The lowest BCUT2D eigenvalue weighted by molar-refractivity contribution is 0.288. The molecule has 0 saturated carbocycles. The summed E-state index contributed by atoms with van der Waals surface area (Å²) in [7, 11) is 1.79. The van der Waals surface area contributed by atoms with Gasteiger partial charge in [-0.05, 0) is 12.1 Å². The molecule has 0 unspecified atom stereocenters. The molecule has 0 radical (unpaired) electrons. The average Bonchev–Trinajstić information content (AvgIpc) is 2.91. The van der Waals surface area contributed by atoms with E-state index >= 15 is 0 Å². The van der Waals surface area contributed by atoms with Crippen LogP contribution in [0.2, 0.25) is 0 Å². The molecule has 7 heteroatoms. The van der Waals surface area contributed by atoms with Crippen molar-refractivity contribution in [2.75, 3.05) is 31.1 Å². The number of aromatic nitrogens is 3. The number of hydrogen-bond donors (Lipinski definition) is 1. The molecule has 0 amide bonds. The van der Waals surface area contributed by atoms with Gasteiger partial charge in [0, 0.05) is 39.3 Å². The topological polar surface area (TPSA) is 55.2 Å². The number of halogens is 1. The SMILES string of the molecule is Cn1ncnc1COc1ccc(N2CCNCC2)c(F)c1. The Bertz CT molecular complexity index is 609. The van der Waals surface area contributed by atoms with Crippen molar-refractivity contribution >= 4 is 5.69 Å². The number of ether oxygens (including phenoxy) is 1. The highest BCUT2D eigenvalue weighted by atomic mass is 19.1. The summed E-state index contributed by atoms with van der Waals surface area (Å²) in [5, 5.41) is 7.21. The van der Waals surface area contributed by atoms with Gasteiger partial charge in [-0.3, -0.25) is 4.68 Å². The number of nitrogens with one attached hydrogen (secondary N) is 1. The molecule has 0 bridgehead atoms. The number of rotatable bonds is 4. The molecule has 6 nitrogen and oxygen atoms in total. The Labute approximate surface area is 122 Å². The van der Waals surface area contributed by atoms with Gasteiger partial charge in [0.15, 0.2) is 5.82 Å². The fourth-order valence-corrected chi connectivity index (χ4v) is 2.34. The molecule has 1 aromatic heterocycles. The third-order valence-corrected chi connectivity index (χ3v) is 3.55. The number of piperazine rings is 1. The van der Waals surface area contributed by atoms with Gasteiger partial charge in [-0.1, -0.05) is 0 Å². The molecular formula is C14H18FN5O. The first-order chi connectivity index (χ1) is 10.2. The van der Waals surface area contributed by atoms with Crippen LogP contribution in [0.4, 0.5) is 10.1 Å². The van der Waals surface area contributed by atoms with Gasteiger partial charge in [-0.25, -0.2) is 9.37 Å². The zero-order valence-electron chi connectivity index (χ0n) is 11.9. The van der Waals surface area contributed by atoms with Gasteiger partial charge in [-0.2, -0.15) is 5.10 Å². The predicted molar refractivity (Wildman–Crippen MR) is 76.8 cm³/mol. The van der Waals surface area contributed by atoms with Crippen LogP contribution in [-0.4, -0.2) is 40.9 Å². The van der Waals surface area contributed by atoms with Crippen molar-refractivity contribution < 1.29 is 9.13 Å². The zero-order chi connectivity index (χ0) is 14.7. The summed E-state index contributed by atoms with van der Waals surface area (Å²) in [6.07, 6.45) is 1.47. The Balaban J connectivity index is 1.67. The molecule has 21 heavy (non-hydrogen) atoms. The Kier molecular flexibility index (Phi) is 4.01. The van der Waals surface area contributed by atoms with E-state index in [0.29, 0.717) is 17.3 Å². The molecule has 2 aromatic rings. The van der Waals surface area contributed by atoms with E-state index in [1.165, 1.54) is 12.4 Å². The van der Waals surface area contributed by atoms with Crippen LogP contribution < -0.4 is 15.0 Å². The van der Waals surface area contributed by atoms with E-state index in [0.717, 1.165) is 26.2 Å². The second-order valence-electron chi connectivity index (χ2n) is 4.94. The Hall–Kier alpha value is -2.15. The lowest BCUT2D eigenvalue weighted by Gasteiger charge is -2.29. The summed E-state index contributed by atoms with van der Waals surface area (Å²) in [6.45, 7) is 3.66. The van der Waals surface area contributed by atoms with Crippen molar-refractivity contribution in [3.8, 4) is 5.75 Å². The highest BCUT2D eigenvalue weighted by molar-refractivity contribution is 5.51. The molecule has 0 atom stereocenters. The predicted octanol–water partition coefficient (Wildman–Crippen LogP) is 0.943. The van der Waals surface area contributed by atoms with Gasteiger partial charge in [-0.15, -0.1) is 0 Å². The van der Waals surface area contributed by atoms with E-state index in [1.807, 2.05) is 4.90 Å². The molecule has 1 aliphatic rings. The molecular weight excluding hydrogens is 273 g/mol. The van der Waals surface area contributed by atoms with Crippen LogP contribution in [0.15, 0.2) is 24.5 Å². The van der Waals surface area contributed by atoms with Crippen LogP contribution in [0.1, 0.15) is 5.82 Å². The third-order valence-electron chi connectivity index (χ3n) is 3.55. The maximum Gasteiger partial charge on any atom is 0.164 e. The third kappa shape index (κ3) is 3.13. The van der Waals surface area contributed by atoms with Crippen molar-refractivity contribution in [3.63, 3.8) is 0 Å². The Morgan fingerprint density at radius 3 is 2.81 bits per heavy atom. The van der Waals surface area contributed by atoms with Crippen LogP contribution in [0.3, 0.4) is 0 Å². The van der Waals surface area contributed by atoms with Crippen LogP contribution >= 0.6 is 0 Å². The van der Waals surface area contributed by atoms with Gasteiger partial charge in [0.2, 0.25) is 0 Å². The van der Waals surface area contributed by atoms with E-state index < -0.39 is 0 Å². The summed E-state index contributed by atoms with van der Waals surface area (Å²) >= 11 is 0. The van der Waals surface area contributed by atoms with Crippen LogP contribution in [0.5, 0.6) is 5.75 Å². The quantitative estimate of drug-likeness (QED) is 0.908. The summed E-state index contributed by atoms with van der Waals surface area (Å²) < 4.78 is 21.4. The van der Waals surface area contributed by atoms with Gasteiger partial charge < -0.3 is 15.0 Å². The van der Waals surface area contributed by atoms with E-state index in [9.17, 15) is 4.39 Å². The summed E-state index contributed by atoms with van der Waals surface area (Å²) in [4.78, 5) is 6.10. The summed E-state index contributed by atoms with van der Waals surface area (Å²) in [5.74, 6) is 0.934. The molecule has 0 aliphatic carbocycles. The van der Waals surface area contributed by atoms with Crippen LogP contribution in [0.25, 0.3) is 0 Å². The number of aryl methyl sites for hydroxylation is 1. The normalized spacial score (nSPS) is 15.2. The molecule has 2 heterocycles. The lowest BCUT2D eigenvalue weighted by atomic mass is 10.2. The molecule has 1 N–H and O–H groups in total. The molecule has 0 spiro atoms. The number of nitrogens with zero attached hydrogens (tertiary/aromatic N) is 4. The van der Waals surface area contributed by atoms with E-state index in [-0.39, 0.29) is 12.4 Å². The highest BCUT2D eigenvalue weighted by Crippen LogP contribution is 2.24. The molecule has 1 aliphatic heterocycles. The maximum absolute atomic E-state index is 14.2. The molecule has 112 valence electrons. The van der Waals surface area contributed by atoms with Crippen LogP contribution in [0, 0.1) is 5.82 Å². The van der Waals surface area contributed by atoms with Gasteiger partial charge in [0.1, 0.15) is 24.5 Å². The Morgan fingerprint density at radius 2 is 2.14 bits per heavy atom. The van der Waals surface area contributed by atoms with E-state index in [1.54, 1.807) is 23.9 Å². The van der Waals surface area contributed by atoms with Crippen molar-refractivity contribution in [2.45, 2.75) is 6.61 Å². The first-order valence-corrected chi connectivity index (χ1v) is 6.95. The fourth-order valence-electron chi connectivity index (χ4n) is 2.34. The molecule has 1 fully saturated rings. The molecule has 3 rings (SSSR count). The maximum atomic E-state index is 14.2. The number of anilines is 1. The summed E-state index contributed by atoms with van der Waals surface area (Å²) in [6, 6.07) is 4.98. The lowest BCUT2D eigenvalue weighted by Crippen LogP contribution is -2.43. The van der Waals surface area contributed by atoms with Crippen LogP contribution in [-0.2, 0) is 13.7 Å². The van der Waals surface area contributed by atoms with Gasteiger partial charge in [0.05, 0.1) is 5.69 Å². The average molecular weight is 291 g/mol. The van der Waals surface area contributed by atoms with Crippen molar-refractivity contribution in [2.24, 2.45) is 7.05 Å².